The maximum absolute atomic E-state index is 12.6. The van der Waals surface area contributed by atoms with Gasteiger partial charge in [0.15, 0.2) is 0 Å². The van der Waals surface area contributed by atoms with Crippen molar-refractivity contribution in [1.82, 2.24) is 15.1 Å². The van der Waals surface area contributed by atoms with Crippen LogP contribution in [0.3, 0.4) is 0 Å². The first-order chi connectivity index (χ1) is 8.75. The first-order valence-electron chi connectivity index (χ1n) is 6.54. The van der Waals surface area contributed by atoms with E-state index in [-0.39, 0.29) is 17.5 Å². The largest absolute Gasteiger partial charge is 0.419 e. The van der Waals surface area contributed by atoms with E-state index in [9.17, 15) is 13.2 Å². The molecule has 2 atom stereocenters. The van der Waals surface area contributed by atoms with E-state index in [0.29, 0.717) is 0 Å². The lowest BCUT2D eigenvalue weighted by Crippen LogP contribution is -2.49. The lowest BCUT2D eigenvalue weighted by atomic mass is 9.71. The van der Waals surface area contributed by atoms with E-state index in [1.165, 1.54) is 4.68 Å². The predicted octanol–water partition coefficient (Wildman–Crippen LogP) is 3.24. The summed E-state index contributed by atoms with van der Waals surface area (Å²) >= 11 is 0. The SMILES string of the molecule is CNC1C(n2cc(C(F)(F)F)cn2)CCCC1(C)C. The Hall–Kier alpha value is -1.04. The number of aromatic nitrogens is 2. The molecule has 1 fully saturated rings. The van der Waals surface area contributed by atoms with Crippen LogP contribution in [0.25, 0.3) is 0 Å². The number of nitrogens with zero attached hydrogens (tertiary/aromatic N) is 2. The number of nitrogens with one attached hydrogen (secondary N) is 1. The molecular formula is C13H20F3N3. The zero-order chi connectivity index (χ0) is 14.3. The molecule has 108 valence electrons. The van der Waals surface area contributed by atoms with E-state index in [4.69, 9.17) is 0 Å². The van der Waals surface area contributed by atoms with Gasteiger partial charge in [-0.1, -0.05) is 20.3 Å². The van der Waals surface area contributed by atoms with Crippen molar-refractivity contribution < 1.29 is 13.2 Å². The highest BCUT2D eigenvalue weighted by Crippen LogP contribution is 2.41. The highest BCUT2D eigenvalue weighted by molar-refractivity contribution is 5.10. The first-order valence-corrected chi connectivity index (χ1v) is 6.54. The molecule has 2 rings (SSSR count). The molecule has 0 amide bonds. The monoisotopic (exact) mass is 275 g/mol. The van der Waals surface area contributed by atoms with E-state index in [1.807, 2.05) is 7.05 Å². The summed E-state index contributed by atoms with van der Waals surface area (Å²) in [5.74, 6) is 0. The van der Waals surface area contributed by atoms with Crippen LogP contribution in [0.1, 0.15) is 44.7 Å². The third-order valence-electron chi connectivity index (χ3n) is 4.13. The average Bonchev–Trinajstić information content (AvgIpc) is 2.76. The van der Waals surface area contributed by atoms with Crippen LogP contribution in [-0.2, 0) is 6.18 Å². The normalized spacial score (nSPS) is 27.5. The van der Waals surface area contributed by atoms with Gasteiger partial charge >= 0.3 is 6.18 Å². The Morgan fingerprint density at radius 3 is 2.63 bits per heavy atom. The molecule has 1 aromatic rings. The molecule has 1 saturated carbocycles. The van der Waals surface area contributed by atoms with Gasteiger partial charge in [0, 0.05) is 12.2 Å². The van der Waals surface area contributed by atoms with Crippen LogP contribution in [0.2, 0.25) is 0 Å². The Kier molecular flexibility index (Phi) is 3.64. The third-order valence-corrected chi connectivity index (χ3v) is 4.13. The summed E-state index contributed by atoms with van der Waals surface area (Å²) in [6.07, 6.45) is 0.648. The molecule has 19 heavy (non-hydrogen) atoms. The first kappa shape index (κ1) is 14.4. The van der Waals surface area contributed by atoms with E-state index in [2.05, 4.69) is 24.3 Å². The summed E-state index contributed by atoms with van der Waals surface area (Å²) in [6, 6.07) is 0.104. The van der Waals surface area contributed by atoms with Crippen LogP contribution in [0.15, 0.2) is 12.4 Å². The van der Waals surface area contributed by atoms with Crippen molar-refractivity contribution in [2.45, 2.75) is 51.4 Å². The van der Waals surface area contributed by atoms with Gasteiger partial charge in [-0.25, -0.2) is 0 Å². The number of hydrogen-bond donors (Lipinski definition) is 1. The van der Waals surface area contributed by atoms with Gasteiger partial charge in [0.1, 0.15) is 0 Å². The van der Waals surface area contributed by atoms with Gasteiger partial charge in [-0.2, -0.15) is 18.3 Å². The minimum Gasteiger partial charge on any atom is -0.314 e. The van der Waals surface area contributed by atoms with Gasteiger partial charge in [0.2, 0.25) is 0 Å². The van der Waals surface area contributed by atoms with Gasteiger partial charge in [0.25, 0.3) is 0 Å². The van der Waals surface area contributed by atoms with Gasteiger partial charge in [-0.15, -0.1) is 0 Å². The molecule has 0 spiro atoms. The second-order valence-corrected chi connectivity index (χ2v) is 5.92. The highest BCUT2D eigenvalue weighted by Gasteiger charge is 2.40. The lowest BCUT2D eigenvalue weighted by molar-refractivity contribution is -0.137. The minimum atomic E-state index is -4.32. The Morgan fingerprint density at radius 2 is 2.11 bits per heavy atom. The summed E-state index contributed by atoms with van der Waals surface area (Å²) in [4.78, 5) is 0. The molecule has 0 aromatic carbocycles. The average molecular weight is 275 g/mol. The second kappa shape index (κ2) is 4.81. The molecule has 1 aliphatic rings. The van der Waals surface area contributed by atoms with Crippen molar-refractivity contribution in [1.29, 1.82) is 0 Å². The quantitative estimate of drug-likeness (QED) is 0.898. The molecule has 0 saturated heterocycles. The number of alkyl halides is 3. The lowest BCUT2D eigenvalue weighted by Gasteiger charge is -2.43. The highest BCUT2D eigenvalue weighted by atomic mass is 19.4. The molecule has 2 unspecified atom stereocenters. The van der Waals surface area contributed by atoms with Crippen molar-refractivity contribution >= 4 is 0 Å². The molecular weight excluding hydrogens is 255 g/mol. The molecule has 3 nitrogen and oxygen atoms in total. The van der Waals surface area contributed by atoms with Crippen LogP contribution in [0.4, 0.5) is 13.2 Å². The Bertz CT molecular complexity index is 437. The molecule has 0 aliphatic heterocycles. The molecule has 1 aliphatic carbocycles. The fourth-order valence-corrected chi connectivity index (χ4v) is 3.14. The molecule has 0 radical (unpaired) electrons. The molecule has 1 aromatic heterocycles. The van der Waals surface area contributed by atoms with Crippen LogP contribution < -0.4 is 5.32 Å². The van der Waals surface area contributed by atoms with Crippen LogP contribution >= 0.6 is 0 Å². The summed E-state index contributed by atoms with van der Waals surface area (Å²) in [7, 11) is 1.86. The summed E-state index contributed by atoms with van der Waals surface area (Å²) in [5.41, 5.74) is -0.618. The van der Waals surface area contributed by atoms with Gasteiger partial charge in [0.05, 0.1) is 17.8 Å². The predicted molar refractivity (Wildman–Crippen MR) is 66.7 cm³/mol. The van der Waals surface area contributed by atoms with Crippen LogP contribution in [0.5, 0.6) is 0 Å². The maximum Gasteiger partial charge on any atom is 0.419 e. The van der Waals surface area contributed by atoms with Crippen LogP contribution in [-0.4, -0.2) is 22.9 Å². The Balaban J connectivity index is 2.27. The number of halogens is 3. The number of likely N-dealkylation sites (N-methyl/N-ethyl adjacent to an activating group) is 1. The van der Waals surface area contributed by atoms with E-state index in [0.717, 1.165) is 31.7 Å². The Labute approximate surface area is 111 Å². The Morgan fingerprint density at radius 1 is 1.42 bits per heavy atom. The standard InChI is InChI=1S/C13H20F3N3/c1-12(2)6-4-5-10(11(12)17-3)19-8-9(7-18-19)13(14,15)16/h7-8,10-11,17H,4-6H2,1-3H3. The number of rotatable bonds is 2. The third kappa shape index (κ3) is 2.78. The fraction of sp³-hybridized carbons (Fsp3) is 0.769. The summed E-state index contributed by atoms with van der Waals surface area (Å²) in [6.45, 7) is 4.29. The van der Waals surface area contributed by atoms with E-state index < -0.39 is 11.7 Å². The van der Waals surface area contributed by atoms with Crippen molar-refractivity contribution in [3.63, 3.8) is 0 Å². The van der Waals surface area contributed by atoms with Crippen molar-refractivity contribution in [3.05, 3.63) is 18.0 Å². The van der Waals surface area contributed by atoms with Crippen molar-refractivity contribution in [2.24, 2.45) is 5.41 Å². The van der Waals surface area contributed by atoms with Crippen LogP contribution in [0, 0.1) is 5.41 Å². The number of hydrogen-bond acceptors (Lipinski definition) is 2. The smallest absolute Gasteiger partial charge is 0.314 e. The van der Waals surface area contributed by atoms with Gasteiger partial charge < -0.3 is 5.32 Å². The zero-order valence-corrected chi connectivity index (χ0v) is 11.5. The fourth-order valence-electron chi connectivity index (χ4n) is 3.14. The molecule has 6 heteroatoms. The van der Waals surface area contributed by atoms with E-state index in [1.54, 1.807) is 0 Å². The van der Waals surface area contributed by atoms with Crippen molar-refractivity contribution in [3.8, 4) is 0 Å². The minimum absolute atomic E-state index is 0.0233. The van der Waals surface area contributed by atoms with Gasteiger partial charge in [-0.05, 0) is 25.3 Å². The molecule has 0 bridgehead atoms. The topological polar surface area (TPSA) is 29.9 Å². The second-order valence-electron chi connectivity index (χ2n) is 5.92. The summed E-state index contributed by atoms with van der Waals surface area (Å²) < 4.78 is 39.4. The van der Waals surface area contributed by atoms with E-state index >= 15 is 0 Å². The molecule has 1 heterocycles. The zero-order valence-electron chi connectivity index (χ0n) is 11.5. The summed E-state index contributed by atoms with van der Waals surface area (Å²) in [5, 5.41) is 7.18. The van der Waals surface area contributed by atoms with Crippen molar-refractivity contribution in [2.75, 3.05) is 7.05 Å². The maximum atomic E-state index is 12.6. The van der Waals surface area contributed by atoms with Gasteiger partial charge in [-0.3, -0.25) is 4.68 Å². The molecule has 1 N–H and O–H groups in total.